The summed E-state index contributed by atoms with van der Waals surface area (Å²) in [5.41, 5.74) is 8.46. The Kier molecular flexibility index (Phi) is 3.81. The van der Waals surface area contributed by atoms with Gasteiger partial charge in [0.2, 0.25) is 0 Å². The number of thiophene rings is 1. The summed E-state index contributed by atoms with van der Waals surface area (Å²) in [5, 5.41) is 4.13. The fourth-order valence-corrected chi connectivity index (χ4v) is 2.71. The normalized spacial score (nSPS) is 12.1. The first-order chi connectivity index (χ1) is 9.83. The predicted octanol–water partition coefficient (Wildman–Crippen LogP) is 4.59. The zero-order chi connectivity index (χ0) is 13.8. The van der Waals surface area contributed by atoms with E-state index in [1.54, 1.807) is 11.3 Å². The number of para-hydroxylation sites is 1. The van der Waals surface area contributed by atoms with E-state index < -0.39 is 0 Å². The Balaban J connectivity index is 1.75. The molecule has 1 heterocycles. The van der Waals surface area contributed by atoms with Gasteiger partial charge in [0, 0.05) is 0 Å². The van der Waals surface area contributed by atoms with Crippen molar-refractivity contribution in [1.29, 1.82) is 0 Å². The highest BCUT2D eigenvalue weighted by Gasteiger charge is 2.09. The van der Waals surface area contributed by atoms with Crippen molar-refractivity contribution in [2.24, 2.45) is 5.73 Å². The standard InChI is InChI=1S/C17H15NOS/c18-17(14-10-11-20-12-14)13-6-8-16(9-7-13)19-15-4-2-1-3-5-15/h1-12,17H,18H2/t17-/m1/s1. The van der Waals surface area contributed by atoms with E-state index in [1.165, 1.54) is 0 Å². The fraction of sp³-hybridized carbons (Fsp3) is 0.0588. The average molecular weight is 281 g/mol. The highest BCUT2D eigenvalue weighted by molar-refractivity contribution is 7.08. The molecule has 1 aromatic heterocycles. The molecule has 0 amide bonds. The lowest BCUT2D eigenvalue weighted by molar-refractivity contribution is 0.482. The van der Waals surface area contributed by atoms with Gasteiger partial charge in [0.05, 0.1) is 6.04 Å². The minimum Gasteiger partial charge on any atom is -0.457 e. The van der Waals surface area contributed by atoms with Crippen molar-refractivity contribution in [2.45, 2.75) is 6.04 Å². The molecule has 3 rings (SSSR count). The summed E-state index contributed by atoms with van der Waals surface area (Å²) < 4.78 is 5.77. The second-order valence-corrected chi connectivity index (χ2v) is 5.30. The van der Waals surface area contributed by atoms with Gasteiger partial charge in [-0.15, -0.1) is 0 Å². The Bertz CT molecular complexity index is 647. The molecule has 0 saturated heterocycles. The van der Waals surface area contributed by atoms with Crippen molar-refractivity contribution in [3.05, 3.63) is 82.6 Å². The number of hydrogen-bond donors (Lipinski definition) is 1. The van der Waals surface area contributed by atoms with E-state index in [0.717, 1.165) is 22.6 Å². The molecular formula is C17H15NOS. The summed E-state index contributed by atoms with van der Waals surface area (Å²) in [7, 11) is 0. The van der Waals surface area contributed by atoms with Crippen molar-refractivity contribution in [3.63, 3.8) is 0 Å². The van der Waals surface area contributed by atoms with Crippen LogP contribution in [-0.2, 0) is 0 Å². The van der Waals surface area contributed by atoms with Crippen LogP contribution in [0.1, 0.15) is 17.2 Å². The first kappa shape index (κ1) is 12.9. The summed E-state index contributed by atoms with van der Waals surface area (Å²) in [4.78, 5) is 0. The van der Waals surface area contributed by atoms with Crippen molar-refractivity contribution in [1.82, 2.24) is 0 Å². The third kappa shape index (κ3) is 2.90. The molecule has 0 spiro atoms. The molecule has 1 atom stereocenters. The van der Waals surface area contributed by atoms with E-state index in [2.05, 4.69) is 11.4 Å². The molecule has 100 valence electrons. The minimum absolute atomic E-state index is 0.0768. The van der Waals surface area contributed by atoms with E-state index in [4.69, 9.17) is 10.5 Å². The summed E-state index contributed by atoms with van der Waals surface area (Å²) in [6, 6.07) is 19.7. The highest BCUT2D eigenvalue weighted by atomic mass is 32.1. The Morgan fingerprint density at radius 2 is 1.50 bits per heavy atom. The van der Waals surface area contributed by atoms with Crippen molar-refractivity contribution in [2.75, 3.05) is 0 Å². The smallest absolute Gasteiger partial charge is 0.127 e. The first-order valence-electron chi connectivity index (χ1n) is 6.43. The molecule has 0 aliphatic heterocycles. The average Bonchev–Trinajstić information content (AvgIpc) is 3.03. The van der Waals surface area contributed by atoms with E-state index >= 15 is 0 Å². The van der Waals surface area contributed by atoms with Crippen molar-refractivity contribution < 1.29 is 4.74 Å². The maximum absolute atomic E-state index is 6.23. The number of nitrogens with two attached hydrogens (primary N) is 1. The Hall–Kier alpha value is -2.10. The maximum atomic E-state index is 6.23. The second kappa shape index (κ2) is 5.90. The molecule has 2 nitrogen and oxygen atoms in total. The molecule has 3 aromatic rings. The van der Waals surface area contributed by atoms with Gasteiger partial charge in [0.15, 0.2) is 0 Å². The van der Waals surface area contributed by atoms with E-state index in [0.29, 0.717) is 0 Å². The van der Waals surface area contributed by atoms with Crippen LogP contribution in [0.25, 0.3) is 0 Å². The van der Waals surface area contributed by atoms with Gasteiger partial charge < -0.3 is 10.5 Å². The first-order valence-corrected chi connectivity index (χ1v) is 7.38. The lowest BCUT2D eigenvalue weighted by Gasteiger charge is -2.11. The highest BCUT2D eigenvalue weighted by Crippen LogP contribution is 2.26. The molecule has 0 fully saturated rings. The van der Waals surface area contributed by atoms with Crippen molar-refractivity contribution in [3.8, 4) is 11.5 Å². The number of hydrogen-bond acceptors (Lipinski definition) is 3. The quantitative estimate of drug-likeness (QED) is 0.759. The van der Waals surface area contributed by atoms with Crippen LogP contribution in [0.4, 0.5) is 0 Å². The fourth-order valence-electron chi connectivity index (χ4n) is 2.01. The molecular weight excluding hydrogens is 266 g/mol. The second-order valence-electron chi connectivity index (χ2n) is 4.52. The van der Waals surface area contributed by atoms with Crippen LogP contribution in [0, 0.1) is 0 Å². The summed E-state index contributed by atoms with van der Waals surface area (Å²) in [5.74, 6) is 1.65. The monoisotopic (exact) mass is 281 g/mol. The molecule has 0 aliphatic rings. The van der Waals surface area contributed by atoms with Crippen LogP contribution in [0.15, 0.2) is 71.4 Å². The third-order valence-electron chi connectivity index (χ3n) is 3.12. The SMILES string of the molecule is N[C@H](c1ccc(Oc2ccccc2)cc1)c1ccsc1. The molecule has 20 heavy (non-hydrogen) atoms. The molecule has 3 heteroatoms. The maximum Gasteiger partial charge on any atom is 0.127 e. The van der Waals surface area contributed by atoms with Crippen molar-refractivity contribution >= 4 is 11.3 Å². The molecule has 0 aliphatic carbocycles. The van der Waals surface area contributed by atoms with Gasteiger partial charge in [-0.3, -0.25) is 0 Å². The Morgan fingerprint density at radius 3 is 2.15 bits per heavy atom. The van der Waals surface area contributed by atoms with Gasteiger partial charge in [-0.2, -0.15) is 11.3 Å². The Morgan fingerprint density at radius 1 is 0.800 bits per heavy atom. The lowest BCUT2D eigenvalue weighted by Crippen LogP contribution is -2.10. The third-order valence-corrected chi connectivity index (χ3v) is 3.82. The van der Waals surface area contributed by atoms with Crippen LogP contribution in [-0.4, -0.2) is 0 Å². The van der Waals surface area contributed by atoms with Crippen LogP contribution < -0.4 is 10.5 Å². The van der Waals surface area contributed by atoms with E-state index in [9.17, 15) is 0 Å². The number of rotatable bonds is 4. The molecule has 2 N–H and O–H groups in total. The molecule has 0 unspecified atom stereocenters. The van der Waals surface area contributed by atoms with Gasteiger partial charge in [-0.25, -0.2) is 0 Å². The largest absolute Gasteiger partial charge is 0.457 e. The van der Waals surface area contributed by atoms with E-state index in [-0.39, 0.29) is 6.04 Å². The van der Waals surface area contributed by atoms with Crippen LogP contribution in [0.3, 0.4) is 0 Å². The topological polar surface area (TPSA) is 35.2 Å². The number of benzene rings is 2. The lowest BCUT2D eigenvalue weighted by atomic mass is 10.0. The summed E-state index contributed by atoms with van der Waals surface area (Å²) in [6.45, 7) is 0. The number of ether oxygens (including phenoxy) is 1. The zero-order valence-electron chi connectivity index (χ0n) is 10.9. The van der Waals surface area contributed by atoms with Gasteiger partial charge in [-0.05, 0) is 52.2 Å². The predicted molar refractivity (Wildman–Crippen MR) is 83.3 cm³/mol. The van der Waals surface area contributed by atoms with Crippen LogP contribution in [0.5, 0.6) is 11.5 Å². The minimum atomic E-state index is -0.0768. The summed E-state index contributed by atoms with van der Waals surface area (Å²) >= 11 is 1.66. The molecule has 2 aromatic carbocycles. The molecule has 0 saturated carbocycles. The Labute approximate surface area is 122 Å². The molecule has 0 bridgehead atoms. The van der Waals surface area contributed by atoms with E-state index in [1.807, 2.05) is 60.0 Å². The molecule has 0 radical (unpaired) electrons. The van der Waals surface area contributed by atoms with Gasteiger partial charge in [0.1, 0.15) is 11.5 Å². The van der Waals surface area contributed by atoms with Gasteiger partial charge in [-0.1, -0.05) is 30.3 Å². The van der Waals surface area contributed by atoms with Gasteiger partial charge in [0.25, 0.3) is 0 Å². The van der Waals surface area contributed by atoms with Gasteiger partial charge >= 0.3 is 0 Å². The summed E-state index contributed by atoms with van der Waals surface area (Å²) in [6.07, 6.45) is 0. The van der Waals surface area contributed by atoms with Crippen LogP contribution >= 0.6 is 11.3 Å². The zero-order valence-corrected chi connectivity index (χ0v) is 11.7. The van der Waals surface area contributed by atoms with Crippen LogP contribution in [0.2, 0.25) is 0 Å².